The summed E-state index contributed by atoms with van der Waals surface area (Å²) in [6.45, 7) is 2.79. The fraction of sp³-hybridized carbons (Fsp3) is 0.148. The number of anilines is 1. The molecule has 1 unspecified atom stereocenters. The monoisotopic (exact) mass is 451 g/mol. The highest BCUT2D eigenvalue weighted by molar-refractivity contribution is 5.96. The maximum Gasteiger partial charge on any atom is 0.251 e. The van der Waals surface area contributed by atoms with Gasteiger partial charge >= 0.3 is 0 Å². The van der Waals surface area contributed by atoms with E-state index in [4.69, 9.17) is 4.74 Å². The summed E-state index contributed by atoms with van der Waals surface area (Å²) in [5, 5.41) is 10.7. The van der Waals surface area contributed by atoms with Crippen molar-refractivity contribution in [3.05, 3.63) is 119 Å². The van der Waals surface area contributed by atoms with E-state index in [2.05, 4.69) is 20.7 Å². The number of rotatable bonds is 7. The molecule has 1 atom stereocenters. The van der Waals surface area contributed by atoms with E-state index in [1.165, 1.54) is 6.33 Å². The van der Waals surface area contributed by atoms with Crippen LogP contribution >= 0.6 is 0 Å². The van der Waals surface area contributed by atoms with Gasteiger partial charge in [-0.25, -0.2) is 4.68 Å². The van der Waals surface area contributed by atoms with E-state index in [9.17, 15) is 4.79 Å². The topological polar surface area (TPSA) is 81.1 Å². The minimum absolute atomic E-state index is 0.157. The van der Waals surface area contributed by atoms with Crippen LogP contribution in [0.5, 0.6) is 5.75 Å². The van der Waals surface area contributed by atoms with Crippen molar-refractivity contribution < 1.29 is 9.53 Å². The van der Waals surface area contributed by atoms with Crippen LogP contribution in [0.3, 0.4) is 0 Å². The fourth-order valence-corrected chi connectivity index (χ4v) is 4.08. The zero-order chi connectivity index (χ0) is 23.3. The minimum Gasteiger partial charge on any atom is -0.489 e. The molecule has 2 heterocycles. The lowest BCUT2D eigenvalue weighted by Crippen LogP contribution is -2.34. The molecule has 170 valence electrons. The second-order valence-electron chi connectivity index (χ2n) is 8.11. The van der Waals surface area contributed by atoms with E-state index in [0.717, 1.165) is 28.1 Å². The largest absolute Gasteiger partial charge is 0.489 e. The van der Waals surface area contributed by atoms with Gasteiger partial charge < -0.3 is 15.4 Å². The summed E-state index contributed by atoms with van der Waals surface area (Å²) >= 11 is 0. The first-order valence-electron chi connectivity index (χ1n) is 11.1. The Kier molecular flexibility index (Phi) is 6.07. The number of amides is 1. The molecule has 0 spiro atoms. The molecule has 5 rings (SSSR count). The summed E-state index contributed by atoms with van der Waals surface area (Å²) in [4.78, 5) is 17.7. The normalized spacial score (nSPS) is 14.8. The fourth-order valence-electron chi connectivity index (χ4n) is 4.08. The van der Waals surface area contributed by atoms with Crippen molar-refractivity contribution in [1.29, 1.82) is 0 Å². The lowest BCUT2D eigenvalue weighted by molar-refractivity contribution is -0.118. The van der Waals surface area contributed by atoms with Crippen LogP contribution in [0.2, 0.25) is 0 Å². The average molecular weight is 452 g/mol. The lowest BCUT2D eigenvalue weighted by Gasteiger charge is -2.29. The molecule has 7 heteroatoms. The molecule has 0 radical (unpaired) electrons. The Hall–Kier alpha value is -4.39. The highest BCUT2D eigenvalue weighted by Crippen LogP contribution is 2.35. The summed E-state index contributed by atoms with van der Waals surface area (Å²) < 4.78 is 7.78. The Labute approximate surface area is 198 Å². The molecule has 0 saturated carbocycles. The van der Waals surface area contributed by atoms with E-state index in [-0.39, 0.29) is 5.91 Å². The first kappa shape index (κ1) is 21.5. The second kappa shape index (κ2) is 9.62. The standard InChI is InChI=1S/C27H25N5O2/c1-19-24(26(33)28-16-20-9-4-2-5-10-20)25(32-27(31-19)29-18-30-32)22-13-8-14-23(15-22)34-17-21-11-6-3-7-12-21/h2-15,18,25H,16-17H2,1H3,(H,28,33)(H,29,30,31). The number of ether oxygens (including phenoxy) is 1. The van der Waals surface area contributed by atoms with Gasteiger partial charge in [-0.3, -0.25) is 4.79 Å². The number of benzene rings is 3. The smallest absolute Gasteiger partial charge is 0.251 e. The third kappa shape index (κ3) is 4.54. The Morgan fingerprint density at radius 2 is 1.74 bits per heavy atom. The SMILES string of the molecule is CC1=C(C(=O)NCc2ccccc2)C(c2cccc(OCc3ccccc3)c2)n2ncnc2N1. The zero-order valence-electron chi connectivity index (χ0n) is 18.8. The molecule has 1 amide bonds. The molecular weight excluding hydrogens is 426 g/mol. The van der Waals surface area contributed by atoms with Crippen LogP contribution in [-0.4, -0.2) is 20.7 Å². The van der Waals surface area contributed by atoms with Crippen LogP contribution in [0.15, 0.2) is 103 Å². The van der Waals surface area contributed by atoms with Crippen molar-refractivity contribution in [2.75, 3.05) is 5.32 Å². The summed E-state index contributed by atoms with van der Waals surface area (Å²) in [5.74, 6) is 1.16. The van der Waals surface area contributed by atoms with Gasteiger partial charge in [0, 0.05) is 12.2 Å². The molecule has 0 bridgehead atoms. The zero-order valence-corrected chi connectivity index (χ0v) is 18.8. The van der Waals surface area contributed by atoms with Crippen LogP contribution in [0, 0.1) is 0 Å². The number of carbonyl (C=O) groups is 1. The molecule has 7 nitrogen and oxygen atoms in total. The van der Waals surface area contributed by atoms with Crippen molar-refractivity contribution >= 4 is 11.9 Å². The highest BCUT2D eigenvalue weighted by atomic mass is 16.5. The first-order valence-corrected chi connectivity index (χ1v) is 11.1. The predicted octanol–water partition coefficient (Wildman–Crippen LogP) is 4.46. The molecule has 34 heavy (non-hydrogen) atoms. The van der Waals surface area contributed by atoms with Crippen molar-refractivity contribution in [3.63, 3.8) is 0 Å². The van der Waals surface area contributed by atoms with Gasteiger partial charge in [0.05, 0.1) is 5.57 Å². The number of nitrogens with zero attached hydrogens (tertiary/aromatic N) is 3. The summed E-state index contributed by atoms with van der Waals surface area (Å²) in [6.07, 6.45) is 1.49. The number of hydrogen-bond acceptors (Lipinski definition) is 5. The molecule has 1 aliphatic heterocycles. The summed E-state index contributed by atoms with van der Waals surface area (Å²) in [7, 11) is 0. The maximum atomic E-state index is 13.4. The summed E-state index contributed by atoms with van der Waals surface area (Å²) in [5.41, 5.74) is 4.35. The van der Waals surface area contributed by atoms with Gasteiger partial charge in [-0.1, -0.05) is 72.8 Å². The Bertz CT molecular complexity index is 1320. The van der Waals surface area contributed by atoms with E-state index >= 15 is 0 Å². The predicted molar refractivity (Wildman–Crippen MR) is 130 cm³/mol. The quantitative estimate of drug-likeness (QED) is 0.434. The molecule has 0 aliphatic carbocycles. The van der Waals surface area contributed by atoms with Crippen LogP contribution in [0.4, 0.5) is 5.95 Å². The van der Waals surface area contributed by atoms with E-state index in [1.807, 2.05) is 91.9 Å². The maximum absolute atomic E-state index is 13.4. The summed E-state index contributed by atoms with van der Waals surface area (Å²) in [6, 6.07) is 27.2. The Morgan fingerprint density at radius 3 is 2.50 bits per heavy atom. The molecule has 4 aromatic rings. The van der Waals surface area contributed by atoms with Crippen LogP contribution in [0.25, 0.3) is 0 Å². The Balaban J connectivity index is 1.42. The van der Waals surface area contributed by atoms with Crippen LogP contribution < -0.4 is 15.4 Å². The number of aromatic nitrogens is 3. The number of allylic oxidation sites excluding steroid dienone is 1. The molecule has 1 aliphatic rings. The third-order valence-electron chi connectivity index (χ3n) is 5.76. The number of nitrogens with one attached hydrogen (secondary N) is 2. The van der Waals surface area contributed by atoms with Crippen molar-refractivity contribution in [3.8, 4) is 5.75 Å². The van der Waals surface area contributed by atoms with Crippen LogP contribution in [0.1, 0.15) is 29.7 Å². The number of hydrogen-bond donors (Lipinski definition) is 2. The van der Waals surface area contributed by atoms with Gasteiger partial charge in [0.15, 0.2) is 0 Å². The Morgan fingerprint density at radius 1 is 1.00 bits per heavy atom. The van der Waals surface area contributed by atoms with Gasteiger partial charge in [0.2, 0.25) is 5.95 Å². The first-order chi connectivity index (χ1) is 16.7. The highest BCUT2D eigenvalue weighted by Gasteiger charge is 2.33. The average Bonchev–Trinajstić information content (AvgIpc) is 3.34. The molecular formula is C27H25N5O2. The molecule has 2 N–H and O–H groups in total. The van der Waals surface area contributed by atoms with Gasteiger partial charge in [0.1, 0.15) is 24.7 Å². The third-order valence-corrected chi connectivity index (χ3v) is 5.76. The molecule has 0 saturated heterocycles. The minimum atomic E-state index is -0.435. The van der Waals surface area contributed by atoms with Crippen molar-refractivity contribution in [1.82, 2.24) is 20.1 Å². The number of fused-ring (bicyclic) bond motifs is 1. The van der Waals surface area contributed by atoms with Crippen molar-refractivity contribution in [2.45, 2.75) is 26.1 Å². The van der Waals surface area contributed by atoms with Crippen LogP contribution in [-0.2, 0) is 17.9 Å². The molecule has 3 aromatic carbocycles. The van der Waals surface area contributed by atoms with Gasteiger partial charge in [-0.2, -0.15) is 10.1 Å². The van der Waals surface area contributed by atoms with E-state index in [0.29, 0.717) is 24.7 Å². The van der Waals surface area contributed by atoms with E-state index < -0.39 is 6.04 Å². The van der Waals surface area contributed by atoms with E-state index in [1.54, 1.807) is 4.68 Å². The lowest BCUT2D eigenvalue weighted by atomic mass is 9.95. The second-order valence-corrected chi connectivity index (χ2v) is 8.11. The molecule has 0 fully saturated rings. The van der Waals surface area contributed by atoms with Gasteiger partial charge in [-0.05, 0) is 35.7 Å². The van der Waals surface area contributed by atoms with Crippen molar-refractivity contribution in [2.24, 2.45) is 0 Å². The van der Waals surface area contributed by atoms with Gasteiger partial charge in [-0.15, -0.1) is 0 Å². The molecule has 1 aromatic heterocycles. The van der Waals surface area contributed by atoms with Gasteiger partial charge in [0.25, 0.3) is 5.91 Å². The number of carbonyl (C=O) groups excluding carboxylic acids is 1.